The number of methoxy groups -OCH3 is 4. The number of hydrogen-bond donors (Lipinski definition) is 1. The Morgan fingerprint density at radius 3 is 2.19 bits per heavy atom. The molecule has 1 aromatic heterocycles. The second-order valence-electron chi connectivity index (χ2n) is 6.51. The summed E-state index contributed by atoms with van der Waals surface area (Å²) in [5, 5.41) is 0.533. The first-order valence-corrected chi connectivity index (χ1v) is 11.1. The highest BCUT2D eigenvalue weighted by molar-refractivity contribution is 9.10. The molecule has 0 saturated heterocycles. The summed E-state index contributed by atoms with van der Waals surface area (Å²) in [4.78, 5) is 19.9. The summed E-state index contributed by atoms with van der Waals surface area (Å²) in [5.41, 5.74) is 2.36. The fraction of sp³-hybridized carbons (Fsp3) is 0.273. The molecular weight excluding hydrogens is 484 g/mol. The standard InChI is InChI=1S/C22H23BrN2O5S/c1-27-15-7-14(8-16(11-15)28-2)12-31-22-24-17(20(23)21(26)25-22)9-13-5-6-18(29-3)19(10-13)30-4/h5-8,10-11H,9,12H2,1-4H3,(H,24,25,26). The summed E-state index contributed by atoms with van der Waals surface area (Å²) >= 11 is 4.79. The molecule has 2 aromatic carbocycles. The van der Waals surface area contributed by atoms with Gasteiger partial charge in [0.25, 0.3) is 5.56 Å². The lowest BCUT2D eigenvalue weighted by Gasteiger charge is -2.11. The van der Waals surface area contributed by atoms with E-state index in [1.54, 1.807) is 28.4 Å². The smallest absolute Gasteiger partial charge is 0.266 e. The second kappa shape index (κ2) is 10.6. The number of aromatic nitrogens is 2. The van der Waals surface area contributed by atoms with Gasteiger partial charge in [0.05, 0.1) is 34.1 Å². The lowest BCUT2D eigenvalue weighted by molar-refractivity contribution is 0.354. The number of ether oxygens (including phenoxy) is 4. The molecule has 0 aliphatic carbocycles. The number of hydrogen-bond acceptors (Lipinski definition) is 7. The van der Waals surface area contributed by atoms with Gasteiger partial charge in [-0.05, 0) is 51.3 Å². The maximum Gasteiger partial charge on any atom is 0.266 e. The zero-order valence-electron chi connectivity index (χ0n) is 17.7. The lowest BCUT2D eigenvalue weighted by Crippen LogP contribution is -2.13. The van der Waals surface area contributed by atoms with E-state index in [4.69, 9.17) is 18.9 Å². The molecule has 3 aromatic rings. The van der Waals surface area contributed by atoms with Gasteiger partial charge in [0.1, 0.15) is 16.0 Å². The predicted octanol–water partition coefficient (Wildman–Crippen LogP) is 4.45. The second-order valence-corrected chi connectivity index (χ2v) is 8.26. The molecule has 0 radical (unpaired) electrons. The van der Waals surface area contributed by atoms with Crippen molar-refractivity contribution in [1.29, 1.82) is 0 Å². The van der Waals surface area contributed by atoms with Crippen molar-refractivity contribution in [1.82, 2.24) is 9.97 Å². The van der Waals surface area contributed by atoms with Gasteiger partial charge >= 0.3 is 0 Å². The molecule has 0 amide bonds. The highest BCUT2D eigenvalue weighted by Crippen LogP contribution is 2.30. The molecule has 1 heterocycles. The predicted molar refractivity (Wildman–Crippen MR) is 124 cm³/mol. The number of thioether (sulfide) groups is 1. The molecule has 3 rings (SSSR count). The number of rotatable bonds is 9. The van der Waals surface area contributed by atoms with E-state index in [-0.39, 0.29) is 5.56 Å². The molecule has 1 N–H and O–H groups in total. The van der Waals surface area contributed by atoms with Crippen LogP contribution in [0.5, 0.6) is 23.0 Å². The molecular formula is C22H23BrN2O5S. The van der Waals surface area contributed by atoms with Gasteiger partial charge in [0, 0.05) is 18.2 Å². The van der Waals surface area contributed by atoms with Crippen LogP contribution in [0.1, 0.15) is 16.8 Å². The number of benzene rings is 2. The van der Waals surface area contributed by atoms with Crippen molar-refractivity contribution in [2.24, 2.45) is 0 Å². The van der Waals surface area contributed by atoms with Crippen molar-refractivity contribution in [3.63, 3.8) is 0 Å². The van der Waals surface area contributed by atoms with Gasteiger partial charge in [-0.15, -0.1) is 0 Å². The Balaban J connectivity index is 1.82. The zero-order chi connectivity index (χ0) is 22.4. The molecule has 0 spiro atoms. The Labute approximate surface area is 193 Å². The van der Waals surface area contributed by atoms with Crippen LogP contribution in [-0.4, -0.2) is 38.4 Å². The molecule has 31 heavy (non-hydrogen) atoms. The Bertz CT molecular complexity index is 1100. The fourth-order valence-electron chi connectivity index (χ4n) is 2.95. The Morgan fingerprint density at radius 2 is 1.58 bits per heavy atom. The molecule has 0 atom stereocenters. The monoisotopic (exact) mass is 506 g/mol. The largest absolute Gasteiger partial charge is 0.497 e. The van der Waals surface area contributed by atoms with Gasteiger partial charge in [0.2, 0.25) is 0 Å². The quantitative estimate of drug-likeness (QED) is 0.339. The van der Waals surface area contributed by atoms with E-state index in [0.29, 0.717) is 50.5 Å². The molecule has 0 fully saturated rings. The summed E-state index contributed by atoms with van der Waals surface area (Å²) in [6.45, 7) is 0. The number of nitrogens with one attached hydrogen (secondary N) is 1. The summed E-state index contributed by atoms with van der Waals surface area (Å²) in [6.07, 6.45) is 0.464. The third-order valence-corrected chi connectivity index (χ3v) is 6.28. The van der Waals surface area contributed by atoms with Crippen LogP contribution in [0.3, 0.4) is 0 Å². The summed E-state index contributed by atoms with van der Waals surface area (Å²) < 4.78 is 21.7. The van der Waals surface area contributed by atoms with Crippen molar-refractivity contribution in [2.45, 2.75) is 17.3 Å². The van der Waals surface area contributed by atoms with Crippen LogP contribution in [0, 0.1) is 0 Å². The van der Waals surface area contributed by atoms with Crippen LogP contribution in [0.2, 0.25) is 0 Å². The van der Waals surface area contributed by atoms with Crippen LogP contribution in [0.4, 0.5) is 0 Å². The van der Waals surface area contributed by atoms with Gasteiger partial charge in [-0.2, -0.15) is 0 Å². The minimum absolute atomic E-state index is 0.226. The van der Waals surface area contributed by atoms with E-state index in [1.807, 2.05) is 36.4 Å². The fourth-order valence-corrected chi connectivity index (χ4v) is 4.09. The van der Waals surface area contributed by atoms with E-state index >= 15 is 0 Å². The molecule has 9 heteroatoms. The lowest BCUT2D eigenvalue weighted by atomic mass is 10.1. The molecule has 0 aliphatic rings. The van der Waals surface area contributed by atoms with Gasteiger partial charge in [-0.1, -0.05) is 17.8 Å². The van der Waals surface area contributed by atoms with Gasteiger partial charge in [0.15, 0.2) is 16.7 Å². The van der Waals surface area contributed by atoms with E-state index in [9.17, 15) is 4.79 Å². The minimum atomic E-state index is -0.226. The molecule has 7 nitrogen and oxygen atoms in total. The number of nitrogens with zero attached hydrogens (tertiary/aromatic N) is 1. The molecule has 0 bridgehead atoms. The molecule has 0 aliphatic heterocycles. The third kappa shape index (κ3) is 5.74. The van der Waals surface area contributed by atoms with Crippen LogP contribution < -0.4 is 24.5 Å². The Kier molecular flexibility index (Phi) is 7.86. The normalized spacial score (nSPS) is 10.6. The van der Waals surface area contributed by atoms with E-state index in [0.717, 1.165) is 11.1 Å². The summed E-state index contributed by atoms with van der Waals surface area (Å²) in [6, 6.07) is 11.3. The average molecular weight is 507 g/mol. The van der Waals surface area contributed by atoms with Crippen LogP contribution in [0.15, 0.2) is 50.8 Å². The third-order valence-electron chi connectivity index (χ3n) is 4.52. The van der Waals surface area contributed by atoms with Gasteiger partial charge in [-0.25, -0.2) is 4.98 Å². The molecule has 0 saturated carbocycles. The maximum atomic E-state index is 12.4. The average Bonchev–Trinajstić information content (AvgIpc) is 2.80. The van der Waals surface area contributed by atoms with Crippen molar-refractivity contribution in [3.8, 4) is 23.0 Å². The first-order valence-electron chi connectivity index (χ1n) is 9.31. The number of aromatic amines is 1. The highest BCUT2D eigenvalue weighted by Gasteiger charge is 2.13. The SMILES string of the molecule is COc1cc(CSc2nc(Cc3ccc(OC)c(OC)c3)c(Br)c(=O)[nH]2)cc(OC)c1. The Morgan fingerprint density at radius 1 is 0.903 bits per heavy atom. The van der Waals surface area contributed by atoms with Crippen LogP contribution in [0.25, 0.3) is 0 Å². The van der Waals surface area contributed by atoms with Crippen molar-refractivity contribution in [3.05, 3.63) is 68.0 Å². The van der Waals surface area contributed by atoms with E-state index < -0.39 is 0 Å². The Hall–Kier alpha value is -2.65. The van der Waals surface area contributed by atoms with E-state index in [1.165, 1.54) is 11.8 Å². The van der Waals surface area contributed by atoms with Crippen LogP contribution in [-0.2, 0) is 12.2 Å². The topological polar surface area (TPSA) is 82.7 Å². The highest BCUT2D eigenvalue weighted by atomic mass is 79.9. The van der Waals surface area contributed by atoms with Gasteiger partial charge in [-0.3, -0.25) is 4.79 Å². The van der Waals surface area contributed by atoms with Crippen molar-refractivity contribution >= 4 is 27.7 Å². The van der Waals surface area contributed by atoms with Crippen LogP contribution >= 0.6 is 27.7 Å². The maximum absolute atomic E-state index is 12.4. The van der Waals surface area contributed by atoms with Crippen molar-refractivity contribution in [2.75, 3.05) is 28.4 Å². The number of H-pyrrole nitrogens is 1. The first-order chi connectivity index (χ1) is 15.0. The molecule has 164 valence electrons. The summed E-state index contributed by atoms with van der Waals surface area (Å²) in [7, 11) is 6.40. The minimum Gasteiger partial charge on any atom is -0.497 e. The van der Waals surface area contributed by atoms with Gasteiger partial charge < -0.3 is 23.9 Å². The molecule has 0 unspecified atom stereocenters. The first kappa shape index (κ1) is 23.0. The van der Waals surface area contributed by atoms with Crippen molar-refractivity contribution < 1.29 is 18.9 Å². The van der Waals surface area contributed by atoms with E-state index in [2.05, 4.69) is 25.9 Å². The summed E-state index contributed by atoms with van der Waals surface area (Å²) in [5.74, 6) is 3.29. The number of halogens is 1. The zero-order valence-corrected chi connectivity index (χ0v) is 20.1.